The van der Waals surface area contributed by atoms with Crippen LogP contribution in [0.15, 0.2) is 46.9 Å². The van der Waals surface area contributed by atoms with Crippen molar-refractivity contribution in [3.63, 3.8) is 0 Å². The number of thiophene rings is 1. The summed E-state index contributed by atoms with van der Waals surface area (Å²) in [5.41, 5.74) is 5.74. The van der Waals surface area contributed by atoms with Gasteiger partial charge in [-0.1, -0.05) is 36.0 Å². The second-order valence-electron chi connectivity index (χ2n) is 6.28. The maximum absolute atomic E-state index is 13.8. The van der Waals surface area contributed by atoms with E-state index in [1.54, 1.807) is 29.8 Å². The molecule has 0 spiro atoms. The first-order chi connectivity index (χ1) is 14.0. The van der Waals surface area contributed by atoms with Crippen molar-refractivity contribution in [1.29, 1.82) is 0 Å². The summed E-state index contributed by atoms with van der Waals surface area (Å²) < 4.78 is 15.6. The summed E-state index contributed by atoms with van der Waals surface area (Å²) in [6.45, 7) is 0.512. The van der Waals surface area contributed by atoms with Gasteiger partial charge in [-0.05, 0) is 17.5 Å². The number of hydrogen-bond donors (Lipinski definition) is 1. The van der Waals surface area contributed by atoms with Crippen LogP contribution >= 0.6 is 23.1 Å². The van der Waals surface area contributed by atoms with Gasteiger partial charge >= 0.3 is 0 Å². The maximum atomic E-state index is 13.8. The van der Waals surface area contributed by atoms with Gasteiger partial charge in [0.05, 0.1) is 10.6 Å². The Morgan fingerprint density at radius 2 is 2.03 bits per heavy atom. The third kappa shape index (κ3) is 5.42. The molecule has 0 fully saturated rings. The van der Waals surface area contributed by atoms with Crippen LogP contribution in [-0.4, -0.2) is 44.3 Å². The van der Waals surface area contributed by atoms with E-state index in [9.17, 15) is 14.0 Å². The Labute approximate surface area is 175 Å². The van der Waals surface area contributed by atoms with E-state index in [0.29, 0.717) is 23.1 Å². The highest BCUT2D eigenvalue weighted by atomic mass is 32.2. The number of halogens is 1. The number of thioether (sulfide) groups is 1. The lowest BCUT2D eigenvalue weighted by Crippen LogP contribution is -2.28. The van der Waals surface area contributed by atoms with E-state index in [2.05, 4.69) is 10.2 Å². The van der Waals surface area contributed by atoms with Gasteiger partial charge < -0.3 is 15.2 Å². The summed E-state index contributed by atoms with van der Waals surface area (Å²) in [5, 5.41) is 10.9. The summed E-state index contributed by atoms with van der Waals surface area (Å²) in [7, 11) is 1.63. The third-order valence-corrected chi connectivity index (χ3v) is 5.97. The minimum Gasteiger partial charge on any atom is -0.370 e. The highest BCUT2D eigenvalue weighted by molar-refractivity contribution is 7.99. The zero-order valence-electron chi connectivity index (χ0n) is 15.7. The Balaban J connectivity index is 1.68. The number of nitrogens with two attached hydrogens (primary N) is 1. The van der Waals surface area contributed by atoms with Crippen LogP contribution in [0.1, 0.15) is 12.0 Å². The molecule has 0 aliphatic heterocycles. The van der Waals surface area contributed by atoms with Crippen LogP contribution in [-0.2, 0) is 22.7 Å². The van der Waals surface area contributed by atoms with Crippen LogP contribution < -0.4 is 5.73 Å². The maximum Gasteiger partial charge on any atom is 0.233 e. The van der Waals surface area contributed by atoms with Gasteiger partial charge in [-0.2, -0.15) is 0 Å². The van der Waals surface area contributed by atoms with Gasteiger partial charge in [0.25, 0.3) is 0 Å². The lowest BCUT2D eigenvalue weighted by Gasteiger charge is -2.17. The number of aromatic nitrogens is 3. The standard InChI is InChI=1S/C19H20FN5O2S2/c1-24(11-13-5-2-3-6-14(13)20)17(27)12-29-19-23-22-18(15-7-4-10-28-15)25(19)9-8-16(21)26/h2-7,10H,8-9,11-12H2,1H3,(H2,21,26). The van der Waals surface area contributed by atoms with E-state index in [4.69, 9.17) is 5.73 Å². The summed E-state index contributed by atoms with van der Waals surface area (Å²) in [4.78, 5) is 26.1. The van der Waals surface area contributed by atoms with Gasteiger partial charge in [-0.3, -0.25) is 9.59 Å². The van der Waals surface area contributed by atoms with E-state index < -0.39 is 5.91 Å². The fourth-order valence-electron chi connectivity index (χ4n) is 2.61. The summed E-state index contributed by atoms with van der Waals surface area (Å²) in [6, 6.07) is 10.2. The predicted molar refractivity (Wildman–Crippen MR) is 111 cm³/mol. The quantitative estimate of drug-likeness (QED) is 0.524. The molecule has 2 aromatic heterocycles. The van der Waals surface area contributed by atoms with Crippen molar-refractivity contribution >= 4 is 34.9 Å². The first-order valence-corrected chi connectivity index (χ1v) is 10.7. The van der Waals surface area contributed by atoms with E-state index >= 15 is 0 Å². The molecule has 7 nitrogen and oxygen atoms in total. The molecule has 0 bridgehead atoms. The predicted octanol–water partition coefficient (Wildman–Crippen LogP) is 2.77. The largest absolute Gasteiger partial charge is 0.370 e. The molecule has 0 aliphatic carbocycles. The number of primary amides is 1. The Hall–Kier alpha value is -2.72. The third-order valence-electron chi connectivity index (χ3n) is 4.16. The molecule has 0 unspecified atom stereocenters. The number of carbonyl (C=O) groups excluding carboxylic acids is 2. The first-order valence-electron chi connectivity index (χ1n) is 8.81. The number of amides is 2. The molecule has 29 heavy (non-hydrogen) atoms. The van der Waals surface area contributed by atoms with E-state index in [-0.39, 0.29) is 30.4 Å². The van der Waals surface area contributed by atoms with Gasteiger partial charge in [0.1, 0.15) is 5.82 Å². The Kier molecular flexibility index (Phi) is 6.99. The number of carbonyl (C=O) groups is 2. The second-order valence-corrected chi connectivity index (χ2v) is 8.17. The van der Waals surface area contributed by atoms with Crippen molar-refractivity contribution in [3.05, 3.63) is 53.2 Å². The van der Waals surface area contributed by atoms with Crippen molar-refractivity contribution in [1.82, 2.24) is 19.7 Å². The van der Waals surface area contributed by atoms with Crippen LogP contribution in [0, 0.1) is 5.82 Å². The van der Waals surface area contributed by atoms with E-state index in [1.165, 1.54) is 34.1 Å². The van der Waals surface area contributed by atoms with Gasteiger partial charge in [-0.25, -0.2) is 4.39 Å². The summed E-state index contributed by atoms with van der Waals surface area (Å²) in [5.74, 6) is -0.181. The van der Waals surface area contributed by atoms with Crippen molar-refractivity contribution in [2.45, 2.75) is 24.7 Å². The topological polar surface area (TPSA) is 94.1 Å². The Morgan fingerprint density at radius 1 is 1.24 bits per heavy atom. The van der Waals surface area contributed by atoms with E-state index in [0.717, 1.165) is 4.88 Å². The van der Waals surface area contributed by atoms with Crippen LogP contribution in [0.4, 0.5) is 4.39 Å². The van der Waals surface area contributed by atoms with Gasteiger partial charge in [0.15, 0.2) is 11.0 Å². The molecule has 2 N–H and O–H groups in total. The number of benzene rings is 1. The first kappa shape index (κ1) is 21.0. The van der Waals surface area contributed by atoms with Gasteiger partial charge in [0.2, 0.25) is 11.8 Å². The molecule has 0 saturated carbocycles. The van der Waals surface area contributed by atoms with Crippen LogP contribution in [0.2, 0.25) is 0 Å². The fraction of sp³-hybridized carbons (Fsp3) is 0.263. The SMILES string of the molecule is CN(Cc1ccccc1F)C(=O)CSc1nnc(-c2cccs2)n1CCC(N)=O. The number of rotatable bonds is 9. The second kappa shape index (κ2) is 9.66. The van der Waals surface area contributed by atoms with Crippen molar-refractivity contribution in [2.24, 2.45) is 5.73 Å². The molecular weight excluding hydrogens is 413 g/mol. The normalized spacial score (nSPS) is 10.8. The zero-order chi connectivity index (χ0) is 20.8. The average Bonchev–Trinajstić information content (AvgIpc) is 3.35. The lowest BCUT2D eigenvalue weighted by molar-refractivity contribution is -0.127. The zero-order valence-corrected chi connectivity index (χ0v) is 17.4. The minimum absolute atomic E-state index is 0.115. The van der Waals surface area contributed by atoms with Crippen LogP contribution in [0.25, 0.3) is 10.7 Å². The number of nitrogens with zero attached hydrogens (tertiary/aromatic N) is 4. The number of hydrogen-bond acceptors (Lipinski definition) is 6. The van der Waals surface area contributed by atoms with Crippen molar-refractivity contribution < 1.29 is 14.0 Å². The highest BCUT2D eigenvalue weighted by Crippen LogP contribution is 2.27. The van der Waals surface area contributed by atoms with Crippen LogP contribution in [0.5, 0.6) is 0 Å². The molecule has 0 atom stereocenters. The molecule has 0 aliphatic rings. The monoisotopic (exact) mass is 433 g/mol. The van der Waals surface area contributed by atoms with E-state index in [1.807, 2.05) is 17.5 Å². The molecule has 3 aromatic rings. The van der Waals surface area contributed by atoms with Crippen molar-refractivity contribution in [2.75, 3.05) is 12.8 Å². The van der Waals surface area contributed by atoms with Gasteiger partial charge in [-0.15, -0.1) is 21.5 Å². The minimum atomic E-state index is -0.424. The lowest BCUT2D eigenvalue weighted by atomic mass is 10.2. The fourth-order valence-corrected chi connectivity index (χ4v) is 4.24. The molecule has 0 radical (unpaired) electrons. The Bertz CT molecular complexity index is 990. The average molecular weight is 434 g/mol. The molecule has 10 heteroatoms. The molecule has 2 heterocycles. The molecule has 1 aromatic carbocycles. The molecule has 152 valence electrons. The highest BCUT2D eigenvalue weighted by Gasteiger charge is 2.18. The molecule has 3 rings (SSSR count). The van der Waals surface area contributed by atoms with Crippen molar-refractivity contribution in [3.8, 4) is 10.7 Å². The smallest absolute Gasteiger partial charge is 0.233 e. The molecule has 2 amide bonds. The van der Waals surface area contributed by atoms with Gasteiger partial charge in [0, 0.05) is 32.1 Å². The molecule has 0 saturated heterocycles. The van der Waals surface area contributed by atoms with Crippen LogP contribution in [0.3, 0.4) is 0 Å². The Morgan fingerprint density at radius 3 is 2.72 bits per heavy atom. The summed E-state index contributed by atoms with van der Waals surface area (Å²) >= 11 is 2.74. The molecular formula is C19H20FN5O2S2. The summed E-state index contributed by atoms with van der Waals surface area (Å²) in [6.07, 6.45) is 0.144.